The Balaban J connectivity index is 2.12. The lowest BCUT2D eigenvalue weighted by molar-refractivity contribution is 0.326. The standard InChI is InChI=1S/C22H22F2N2O4S/c1-4-29-22-11-15(10-14(3)25-22)18-13-17(26-31(27,28)5-2)7-9-20(18)30-21-8-6-16(23)12-19(21)24/h6-13,26H,4-5H2,1-3H3. The second kappa shape index (κ2) is 9.30. The van der Waals surface area contributed by atoms with E-state index in [9.17, 15) is 17.2 Å². The maximum Gasteiger partial charge on any atom is 0.232 e. The molecule has 1 aromatic heterocycles. The van der Waals surface area contributed by atoms with Crippen molar-refractivity contribution in [3.63, 3.8) is 0 Å². The molecule has 0 amide bonds. The van der Waals surface area contributed by atoms with Gasteiger partial charge in [-0.3, -0.25) is 4.72 Å². The van der Waals surface area contributed by atoms with E-state index in [2.05, 4.69) is 9.71 Å². The molecule has 3 rings (SSSR count). The van der Waals surface area contributed by atoms with E-state index in [1.807, 2.05) is 6.92 Å². The molecule has 0 radical (unpaired) electrons. The van der Waals surface area contributed by atoms with Gasteiger partial charge in [0.1, 0.15) is 11.6 Å². The molecule has 164 valence electrons. The summed E-state index contributed by atoms with van der Waals surface area (Å²) in [6, 6.07) is 11.0. The lowest BCUT2D eigenvalue weighted by Crippen LogP contribution is -2.14. The second-order valence-electron chi connectivity index (χ2n) is 6.66. The average molecular weight is 448 g/mol. The molecule has 0 fully saturated rings. The highest BCUT2D eigenvalue weighted by Gasteiger charge is 2.16. The summed E-state index contributed by atoms with van der Waals surface area (Å²) in [6.45, 7) is 5.56. The summed E-state index contributed by atoms with van der Waals surface area (Å²) in [6.07, 6.45) is 0. The minimum absolute atomic E-state index is 0.0930. The summed E-state index contributed by atoms with van der Waals surface area (Å²) in [5.74, 6) is -1.21. The van der Waals surface area contributed by atoms with Crippen molar-refractivity contribution in [1.82, 2.24) is 4.98 Å². The van der Waals surface area contributed by atoms with Crippen LogP contribution in [-0.4, -0.2) is 25.8 Å². The zero-order chi connectivity index (χ0) is 22.6. The first-order chi connectivity index (χ1) is 14.7. The summed E-state index contributed by atoms with van der Waals surface area (Å²) in [5.41, 5.74) is 2.09. The number of hydrogen-bond acceptors (Lipinski definition) is 5. The van der Waals surface area contributed by atoms with E-state index in [1.165, 1.54) is 25.1 Å². The Bertz CT molecular complexity index is 1200. The maximum absolute atomic E-state index is 14.2. The van der Waals surface area contributed by atoms with Crippen LogP contribution in [0.15, 0.2) is 48.5 Å². The van der Waals surface area contributed by atoms with Gasteiger partial charge in [0.05, 0.1) is 12.4 Å². The van der Waals surface area contributed by atoms with Gasteiger partial charge < -0.3 is 9.47 Å². The minimum Gasteiger partial charge on any atom is -0.478 e. The summed E-state index contributed by atoms with van der Waals surface area (Å²) in [5, 5.41) is 0. The quantitative estimate of drug-likeness (QED) is 0.507. The van der Waals surface area contributed by atoms with E-state index < -0.39 is 21.7 Å². The molecule has 3 aromatic rings. The van der Waals surface area contributed by atoms with Gasteiger partial charge in [-0.05, 0) is 62.7 Å². The zero-order valence-electron chi connectivity index (χ0n) is 17.3. The Labute approximate surface area is 179 Å². The number of rotatable bonds is 8. The van der Waals surface area contributed by atoms with Gasteiger partial charge in [0, 0.05) is 29.1 Å². The van der Waals surface area contributed by atoms with Crippen LogP contribution in [0.4, 0.5) is 14.5 Å². The smallest absolute Gasteiger partial charge is 0.232 e. The molecule has 1 N–H and O–H groups in total. The van der Waals surface area contributed by atoms with E-state index in [1.54, 1.807) is 25.1 Å². The van der Waals surface area contributed by atoms with E-state index in [0.717, 1.165) is 12.1 Å². The molecule has 6 nitrogen and oxygen atoms in total. The van der Waals surface area contributed by atoms with E-state index in [-0.39, 0.29) is 17.3 Å². The van der Waals surface area contributed by atoms with Crippen LogP contribution in [0.3, 0.4) is 0 Å². The number of sulfonamides is 1. The first-order valence-corrected chi connectivity index (χ1v) is 11.2. The Morgan fingerprint density at radius 3 is 2.42 bits per heavy atom. The molecule has 0 bridgehead atoms. The van der Waals surface area contributed by atoms with Gasteiger partial charge in [0.15, 0.2) is 11.6 Å². The van der Waals surface area contributed by atoms with Crippen molar-refractivity contribution in [2.24, 2.45) is 0 Å². The fourth-order valence-corrected chi connectivity index (χ4v) is 3.48. The molecule has 0 aliphatic rings. The fourth-order valence-electron chi connectivity index (χ4n) is 2.85. The van der Waals surface area contributed by atoms with Crippen LogP contribution in [0.2, 0.25) is 0 Å². The molecular formula is C22H22F2N2O4S. The highest BCUT2D eigenvalue weighted by Crippen LogP contribution is 2.38. The highest BCUT2D eigenvalue weighted by atomic mass is 32.2. The first-order valence-electron chi connectivity index (χ1n) is 9.60. The molecule has 0 aliphatic heterocycles. The number of nitrogens with one attached hydrogen (secondary N) is 1. The van der Waals surface area contributed by atoms with Gasteiger partial charge in [0.25, 0.3) is 0 Å². The average Bonchev–Trinajstić information content (AvgIpc) is 2.70. The highest BCUT2D eigenvalue weighted by molar-refractivity contribution is 7.92. The molecule has 0 atom stereocenters. The number of aryl methyl sites for hydroxylation is 1. The summed E-state index contributed by atoms with van der Waals surface area (Å²) >= 11 is 0. The van der Waals surface area contributed by atoms with Crippen LogP contribution >= 0.6 is 0 Å². The number of aromatic nitrogens is 1. The number of benzene rings is 2. The lowest BCUT2D eigenvalue weighted by Gasteiger charge is -2.16. The van der Waals surface area contributed by atoms with Crippen LogP contribution in [0.25, 0.3) is 11.1 Å². The molecule has 0 spiro atoms. The zero-order valence-corrected chi connectivity index (χ0v) is 18.1. The number of anilines is 1. The molecule has 9 heteroatoms. The lowest BCUT2D eigenvalue weighted by atomic mass is 10.0. The van der Waals surface area contributed by atoms with Gasteiger partial charge in [-0.1, -0.05) is 0 Å². The van der Waals surface area contributed by atoms with Crippen LogP contribution in [0, 0.1) is 18.6 Å². The summed E-state index contributed by atoms with van der Waals surface area (Å²) in [7, 11) is -3.51. The van der Waals surface area contributed by atoms with Gasteiger partial charge in [-0.25, -0.2) is 22.2 Å². The van der Waals surface area contributed by atoms with Gasteiger partial charge in [-0.2, -0.15) is 0 Å². The monoisotopic (exact) mass is 448 g/mol. The van der Waals surface area contributed by atoms with E-state index in [0.29, 0.717) is 35.0 Å². The first kappa shape index (κ1) is 22.5. The molecule has 0 saturated carbocycles. The third kappa shape index (κ3) is 5.69. The largest absolute Gasteiger partial charge is 0.478 e. The van der Waals surface area contributed by atoms with Crippen molar-refractivity contribution < 1.29 is 26.7 Å². The Morgan fingerprint density at radius 2 is 1.74 bits per heavy atom. The van der Waals surface area contributed by atoms with Crippen molar-refractivity contribution in [3.05, 3.63) is 65.9 Å². The third-order valence-electron chi connectivity index (χ3n) is 4.28. The maximum atomic E-state index is 14.2. The van der Waals surface area contributed by atoms with Crippen LogP contribution in [0.5, 0.6) is 17.4 Å². The minimum atomic E-state index is -3.51. The van der Waals surface area contributed by atoms with Crippen LogP contribution < -0.4 is 14.2 Å². The van der Waals surface area contributed by atoms with Gasteiger partial charge in [-0.15, -0.1) is 0 Å². The van der Waals surface area contributed by atoms with Crippen LogP contribution in [-0.2, 0) is 10.0 Å². The molecule has 2 aromatic carbocycles. The van der Waals surface area contributed by atoms with E-state index >= 15 is 0 Å². The topological polar surface area (TPSA) is 77.5 Å². The third-order valence-corrected chi connectivity index (χ3v) is 5.59. The number of nitrogens with zero attached hydrogens (tertiary/aromatic N) is 1. The summed E-state index contributed by atoms with van der Waals surface area (Å²) in [4.78, 5) is 4.31. The number of ether oxygens (including phenoxy) is 2. The number of pyridine rings is 1. The SMILES string of the molecule is CCOc1cc(-c2cc(NS(=O)(=O)CC)ccc2Oc2ccc(F)cc2F)cc(C)n1. The predicted octanol–water partition coefficient (Wildman–Crippen LogP) is 5.29. The van der Waals surface area contributed by atoms with Crippen molar-refractivity contribution >= 4 is 15.7 Å². The molecule has 1 heterocycles. The predicted molar refractivity (Wildman–Crippen MR) is 115 cm³/mol. The molecule has 31 heavy (non-hydrogen) atoms. The Kier molecular flexibility index (Phi) is 6.74. The molecule has 0 unspecified atom stereocenters. The van der Waals surface area contributed by atoms with Crippen LogP contribution in [0.1, 0.15) is 19.5 Å². The Morgan fingerprint density at radius 1 is 1.00 bits per heavy atom. The fraction of sp³-hybridized carbons (Fsp3) is 0.227. The molecular weight excluding hydrogens is 426 g/mol. The number of halogens is 2. The van der Waals surface area contributed by atoms with Gasteiger partial charge >= 0.3 is 0 Å². The summed E-state index contributed by atoms with van der Waals surface area (Å²) < 4.78 is 65.1. The van der Waals surface area contributed by atoms with Crippen molar-refractivity contribution in [2.45, 2.75) is 20.8 Å². The second-order valence-corrected chi connectivity index (χ2v) is 8.67. The van der Waals surface area contributed by atoms with Crippen molar-refractivity contribution in [3.8, 4) is 28.5 Å². The Hall–Kier alpha value is -3.20. The van der Waals surface area contributed by atoms with Crippen molar-refractivity contribution in [1.29, 1.82) is 0 Å². The number of hydrogen-bond donors (Lipinski definition) is 1. The van der Waals surface area contributed by atoms with Gasteiger partial charge in [0.2, 0.25) is 15.9 Å². The molecule has 0 saturated heterocycles. The van der Waals surface area contributed by atoms with Crippen molar-refractivity contribution in [2.75, 3.05) is 17.1 Å². The normalized spacial score (nSPS) is 11.3. The molecule has 0 aliphatic carbocycles. The van der Waals surface area contributed by atoms with E-state index in [4.69, 9.17) is 9.47 Å².